The summed E-state index contributed by atoms with van der Waals surface area (Å²) < 4.78 is 105. The molecule has 38 heavy (non-hydrogen) atoms. The predicted octanol–water partition coefficient (Wildman–Crippen LogP) is 5.04. The number of carbonyl (C=O) groups is 1. The molecule has 3 aromatic rings. The normalized spacial score (nSPS) is 12.9. The average molecular weight is 557 g/mol. The Bertz CT molecular complexity index is 1400. The number of pyridine rings is 1. The summed E-state index contributed by atoms with van der Waals surface area (Å²) in [4.78, 5) is 15.2. The van der Waals surface area contributed by atoms with Crippen molar-refractivity contribution in [2.45, 2.75) is 37.5 Å². The maximum Gasteiger partial charge on any atom is 0.267 e. The van der Waals surface area contributed by atoms with Gasteiger partial charge in [0.1, 0.15) is 16.8 Å². The minimum atomic E-state index is -4.78. The second-order valence-electron chi connectivity index (χ2n) is 8.69. The molecule has 6 nitrogen and oxygen atoms in total. The highest BCUT2D eigenvalue weighted by atomic mass is 32.2. The number of benzene rings is 2. The molecule has 0 aliphatic rings. The number of primary amides is 1. The van der Waals surface area contributed by atoms with Gasteiger partial charge in [0.25, 0.3) is 11.8 Å². The lowest BCUT2D eigenvalue weighted by Gasteiger charge is -2.23. The molecule has 1 unspecified atom stereocenters. The second kappa shape index (κ2) is 12.0. The van der Waals surface area contributed by atoms with Crippen molar-refractivity contribution in [2.24, 2.45) is 5.73 Å². The van der Waals surface area contributed by atoms with Gasteiger partial charge in [0, 0.05) is 24.6 Å². The maximum atomic E-state index is 14.7. The lowest BCUT2D eigenvalue weighted by atomic mass is 10.00. The second-order valence-corrected chi connectivity index (χ2v) is 10.9. The summed E-state index contributed by atoms with van der Waals surface area (Å²) in [5.74, 6) is -10.3. The molecular formula is C26H25F5N2O4S. The molecule has 1 amide bonds. The van der Waals surface area contributed by atoms with E-state index in [0.717, 1.165) is 17.8 Å². The van der Waals surface area contributed by atoms with Crippen molar-refractivity contribution < 1.29 is 39.9 Å². The van der Waals surface area contributed by atoms with Crippen LogP contribution in [0.5, 0.6) is 0 Å². The van der Waals surface area contributed by atoms with E-state index in [9.17, 15) is 35.2 Å². The van der Waals surface area contributed by atoms with Crippen molar-refractivity contribution in [1.82, 2.24) is 4.98 Å². The van der Waals surface area contributed by atoms with Crippen LogP contribution >= 0.6 is 0 Å². The average Bonchev–Trinajstić information content (AvgIpc) is 2.87. The molecule has 3 rings (SSSR count). The molecule has 204 valence electrons. The third-order valence-electron chi connectivity index (χ3n) is 5.86. The molecule has 0 spiro atoms. The number of ether oxygens (including phenoxy) is 1. The Hall–Kier alpha value is -3.38. The summed E-state index contributed by atoms with van der Waals surface area (Å²) in [5.41, 5.74) is 4.23. The van der Waals surface area contributed by atoms with Crippen LogP contribution in [-0.4, -0.2) is 37.6 Å². The Balaban J connectivity index is 1.85. The summed E-state index contributed by atoms with van der Waals surface area (Å²) in [6, 6.07) is 10.9. The first-order valence-electron chi connectivity index (χ1n) is 11.4. The zero-order valence-electron chi connectivity index (χ0n) is 20.3. The molecule has 2 N–H and O–H groups in total. The van der Waals surface area contributed by atoms with Gasteiger partial charge in [0.05, 0.1) is 19.0 Å². The zero-order valence-corrected chi connectivity index (χ0v) is 21.1. The molecule has 2 aromatic carbocycles. The summed E-state index contributed by atoms with van der Waals surface area (Å²) in [5, 5.41) is -2.21. The van der Waals surface area contributed by atoms with Crippen LogP contribution in [0.4, 0.5) is 22.0 Å². The standard InChI is InChI=1S/C26H25F5N2O4S/c1-16-13-21(25(32)34)33-14-18(16)24(22-19(27)7-8-20(28)23(22)29)38(35,36)12-10-26(30,31)9-11-37-15-17-5-3-2-4-6-17/h2-8,13-14,24H,9-12,15H2,1H3,(H2,32,34). The van der Waals surface area contributed by atoms with Crippen LogP contribution in [0, 0.1) is 24.4 Å². The molecule has 0 aliphatic carbocycles. The summed E-state index contributed by atoms with van der Waals surface area (Å²) in [7, 11) is -4.78. The topological polar surface area (TPSA) is 99.4 Å². The number of sulfone groups is 1. The highest BCUT2D eigenvalue weighted by Crippen LogP contribution is 2.38. The van der Waals surface area contributed by atoms with E-state index in [-0.39, 0.29) is 30.0 Å². The van der Waals surface area contributed by atoms with Gasteiger partial charge < -0.3 is 10.5 Å². The van der Waals surface area contributed by atoms with Crippen molar-refractivity contribution in [3.8, 4) is 0 Å². The van der Waals surface area contributed by atoms with Gasteiger partial charge in [-0.15, -0.1) is 0 Å². The van der Waals surface area contributed by atoms with Gasteiger partial charge in [0.15, 0.2) is 21.5 Å². The van der Waals surface area contributed by atoms with Gasteiger partial charge in [-0.05, 0) is 41.8 Å². The van der Waals surface area contributed by atoms with Gasteiger partial charge in [0.2, 0.25) is 0 Å². The van der Waals surface area contributed by atoms with Crippen LogP contribution in [0.1, 0.15) is 50.8 Å². The Morgan fingerprint density at radius 3 is 2.34 bits per heavy atom. The van der Waals surface area contributed by atoms with E-state index in [1.165, 1.54) is 6.92 Å². The Kier molecular flexibility index (Phi) is 9.21. The molecule has 0 bridgehead atoms. The monoisotopic (exact) mass is 556 g/mol. The van der Waals surface area contributed by atoms with Gasteiger partial charge >= 0.3 is 0 Å². The molecule has 0 saturated heterocycles. The first-order chi connectivity index (χ1) is 17.8. The van der Waals surface area contributed by atoms with E-state index in [4.69, 9.17) is 10.5 Å². The van der Waals surface area contributed by atoms with Crippen LogP contribution in [0.25, 0.3) is 0 Å². The number of halogens is 5. The number of carbonyl (C=O) groups excluding carboxylic acids is 1. The fourth-order valence-corrected chi connectivity index (χ4v) is 5.84. The van der Waals surface area contributed by atoms with Crippen molar-refractivity contribution in [1.29, 1.82) is 0 Å². The quantitative estimate of drug-likeness (QED) is 0.191. The van der Waals surface area contributed by atoms with E-state index < -0.39 is 68.5 Å². The number of nitrogens with two attached hydrogens (primary N) is 1. The lowest BCUT2D eigenvalue weighted by molar-refractivity contribution is -0.0376. The molecule has 12 heteroatoms. The first kappa shape index (κ1) is 29.2. The molecule has 0 fully saturated rings. The predicted molar refractivity (Wildman–Crippen MR) is 130 cm³/mol. The number of hydrogen-bond acceptors (Lipinski definition) is 5. The lowest BCUT2D eigenvalue weighted by Crippen LogP contribution is -2.28. The summed E-state index contributed by atoms with van der Waals surface area (Å²) >= 11 is 0. The van der Waals surface area contributed by atoms with Crippen LogP contribution in [0.2, 0.25) is 0 Å². The Morgan fingerprint density at radius 2 is 1.71 bits per heavy atom. The fraction of sp³-hybridized carbons (Fsp3) is 0.308. The van der Waals surface area contributed by atoms with E-state index in [2.05, 4.69) is 4.98 Å². The number of nitrogens with zero attached hydrogens (tertiary/aromatic N) is 1. The molecule has 0 aliphatic heterocycles. The van der Waals surface area contributed by atoms with Crippen LogP contribution in [-0.2, 0) is 21.2 Å². The molecule has 0 saturated carbocycles. The SMILES string of the molecule is Cc1cc(C(N)=O)ncc1C(c1c(F)ccc(F)c1F)S(=O)(=O)CCC(F)(F)CCOCc1ccccc1. The van der Waals surface area contributed by atoms with E-state index >= 15 is 0 Å². The minimum Gasteiger partial charge on any atom is -0.377 e. The number of aromatic nitrogens is 1. The molecule has 1 aromatic heterocycles. The van der Waals surface area contributed by atoms with E-state index in [1.54, 1.807) is 30.3 Å². The van der Waals surface area contributed by atoms with Gasteiger partial charge in [-0.1, -0.05) is 30.3 Å². The minimum absolute atomic E-state index is 0.0338. The highest BCUT2D eigenvalue weighted by Gasteiger charge is 2.39. The Morgan fingerprint density at radius 1 is 1.05 bits per heavy atom. The molecule has 0 radical (unpaired) electrons. The largest absolute Gasteiger partial charge is 0.377 e. The molecule has 1 heterocycles. The van der Waals surface area contributed by atoms with Crippen molar-refractivity contribution >= 4 is 15.7 Å². The van der Waals surface area contributed by atoms with Crippen molar-refractivity contribution in [3.05, 3.63) is 100 Å². The number of amides is 1. The number of alkyl halides is 2. The first-order valence-corrected chi connectivity index (χ1v) is 13.1. The highest BCUT2D eigenvalue weighted by molar-refractivity contribution is 7.91. The number of aryl methyl sites for hydroxylation is 1. The van der Waals surface area contributed by atoms with Crippen LogP contribution in [0.15, 0.2) is 54.7 Å². The summed E-state index contributed by atoms with van der Waals surface area (Å²) in [6.07, 6.45) is -1.11. The fourth-order valence-electron chi connectivity index (χ4n) is 3.81. The molecular weight excluding hydrogens is 531 g/mol. The number of rotatable bonds is 12. The third kappa shape index (κ3) is 7.13. The smallest absolute Gasteiger partial charge is 0.267 e. The van der Waals surface area contributed by atoms with E-state index in [1.807, 2.05) is 0 Å². The third-order valence-corrected chi connectivity index (χ3v) is 7.84. The van der Waals surface area contributed by atoms with Gasteiger partial charge in [-0.2, -0.15) is 0 Å². The Labute approximate surface area is 216 Å². The van der Waals surface area contributed by atoms with Gasteiger partial charge in [-0.3, -0.25) is 9.78 Å². The van der Waals surface area contributed by atoms with E-state index in [0.29, 0.717) is 12.1 Å². The van der Waals surface area contributed by atoms with Gasteiger partial charge in [-0.25, -0.2) is 30.4 Å². The molecule has 1 atom stereocenters. The zero-order chi connectivity index (χ0) is 28.1. The number of hydrogen-bond donors (Lipinski definition) is 1. The van der Waals surface area contributed by atoms with Crippen LogP contribution < -0.4 is 5.73 Å². The van der Waals surface area contributed by atoms with Crippen LogP contribution in [0.3, 0.4) is 0 Å². The summed E-state index contributed by atoms with van der Waals surface area (Å²) in [6.45, 7) is 1.04. The van der Waals surface area contributed by atoms with Crippen molar-refractivity contribution in [3.63, 3.8) is 0 Å². The van der Waals surface area contributed by atoms with Crippen molar-refractivity contribution in [2.75, 3.05) is 12.4 Å². The maximum absolute atomic E-state index is 14.7.